The van der Waals surface area contributed by atoms with Gasteiger partial charge in [-0.2, -0.15) is 0 Å². The predicted octanol–water partition coefficient (Wildman–Crippen LogP) is 3.29. The third-order valence-corrected chi connectivity index (χ3v) is 3.48. The first-order chi connectivity index (χ1) is 13.1. The van der Waals surface area contributed by atoms with Crippen LogP contribution in [0.2, 0.25) is 0 Å². The van der Waals surface area contributed by atoms with E-state index in [2.05, 4.69) is 5.32 Å². The SMILES string of the molecule is CCOc1ccc(NC(=O)COC(=O)c2ccc(OC)c(OCC)c2)cc1. The molecule has 0 bridgehead atoms. The topological polar surface area (TPSA) is 83.1 Å². The molecule has 2 rings (SSSR count). The van der Waals surface area contributed by atoms with Gasteiger partial charge in [0.05, 0.1) is 25.9 Å². The minimum atomic E-state index is -0.625. The van der Waals surface area contributed by atoms with E-state index >= 15 is 0 Å². The number of methoxy groups -OCH3 is 1. The summed E-state index contributed by atoms with van der Waals surface area (Å²) in [6, 6.07) is 11.6. The summed E-state index contributed by atoms with van der Waals surface area (Å²) in [6.07, 6.45) is 0. The molecular formula is C20H23NO6. The summed E-state index contributed by atoms with van der Waals surface area (Å²) in [5.74, 6) is 0.605. The van der Waals surface area contributed by atoms with Gasteiger partial charge >= 0.3 is 5.97 Å². The molecule has 0 fully saturated rings. The third kappa shape index (κ3) is 5.91. The zero-order valence-electron chi connectivity index (χ0n) is 15.6. The molecule has 0 atom stereocenters. The number of nitrogens with one attached hydrogen (secondary N) is 1. The van der Waals surface area contributed by atoms with Crippen molar-refractivity contribution in [2.24, 2.45) is 0 Å². The Bertz CT molecular complexity index is 773. The number of hydrogen-bond acceptors (Lipinski definition) is 6. The van der Waals surface area contributed by atoms with E-state index < -0.39 is 18.5 Å². The smallest absolute Gasteiger partial charge is 0.338 e. The summed E-state index contributed by atoms with van der Waals surface area (Å²) in [6.45, 7) is 4.32. The van der Waals surface area contributed by atoms with Crippen LogP contribution in [0.25, 0.3) is 0 Å². The molecule has 0 saturated carbocycles. The van der Waals surface area contributed by atoms with Crippen LogP contribution >= 0.6 is 0 Å². The second-order valence-electron chi connectivity index (χ2n) is 5.38. The van der Waals surface area contributed by atoms with Crippen LogP contribution in [0.5, 0.6) is 17.2 Å². The Hall–Kier alpha value is -3.22. The van der Waals surface area contributed by atoms with Gasteiger partial charge in [0.25, 0.3) is 5.91 Å². The Balaban J connectivity index is 1.90. The minimum absolute atomic E-state index is 0.271. The number of anilines is 1. The molecule has 0 aliphatic carbocycles. The molecule has 0 spiro atoms. The summed E-state index contributed by atoms with van der Waals surface area (Å²) in [7, 11) is 1.51. The molecule has 144 valence electrons. The average molecular weight is 373 g/mol. The van der Waals surface area contributed by atoms with Crippen molar-refractivity contribution in [3.8, 4) is 17.2 Å². The number of esters is 1. The summed E-state index contributed by atoms with van der Waals surface area (Å²) in [5, 5.41) is 2.65. The van der Waals surface area contributed by atoms with Crippen LogP contribution in [0.4, 0.5) is 5.69 Å². The largest absolute Gasteiger partial charge is 0.494 e. The van der Waals surface area contributed by atoms with Crippen molar-refractivity contribution in [3.05, 3.63) is 48.0 Å². The number of amides is 1. The number of carbonyl (C=O) groups is 2. The van der Waals surface area contributed by atoms with E-state index in [1.54, 1.807) is 36.4 Å². The average Bonchev–Trinajstić information content (AvgIpc) is 2.68. The quantitative estimate of drug-likeness (QED) is 0.679. The highest BCUT2D eigenvalue weighted by Gasteiger charge is 2.14. The Morgan fingerprint density at radius 1 is 0.926 bits per heavy atom. The van der Waals surface area contributed by atoms with Gasteiger partial charge in [-0.15, -0.1) is 0 Å². The maximum absolute atomic E-state index is 12.2. The summed E-state index contributed by atoms with van der Waals surface area (Å²) >= 11 is 0. The van der Waals surface area contributed by atoms with Crippen LogP contribution < -0.4 is 19.5 Å². The number of ether oxygens (including phenoxy) is 4. The second kappa shape index (κ2) is 10.1. The summed E-state index contributed by atoms with van der Waals surface area (Å²) in [5.41, 5.74) is 0.857. The van der Waals surface area contributed by atoms with E-state index in [0.717, 1.165) is 0 Å². The van der Waals surface area contributed by atoms with E-state index in [-0.39, 0.29) is 5.56 Å². The fraction of sp³-hybridized carbons (Fsp3) is 0.300. The third-order valence-electron chi connectivity index (χ3n) is 3.48. The molecule has 2 aromatic rings. The van der Waals surface area contributed by atoms with Crippen molar-refractivity contribution in [3.63, 3.8) is 0 Å². The summed E-state index contributed by atoms with van der Waals surface area (Å²) < 4.78 is 21.0. The first-order valence-electron chi connectivity index (χ1n) is 8.58. The van der Waals surface area contributed by atoms with Crippen LogP contribution in [-0.2, 0) is 9.53 Å². The lowest BCUT2D eigenvalue weighted by molar-refractivity contribution is -0.119. The highest BCUT2D eigenvalue weighted by Crippen LogP contribution is 2.28. The van der Waals surface area contributed by atoms with Gasteiger partial charge < -0.3 is 24.3 Å². The normalized spacial score (nSPS) is 10.0. The lowest BCUT2D eigenvalue weighted by Crippen LogP contribution is -2.21. The molecule has 1 N–H and O–H groups in total. The molecule has 7 heteroatoms. The van der Waals surface area contributed by atoms with Crippen LogP contribution in [0.1, 0.15) is 24.2 Å². The van der Waals surface area contributed by atoms with Crippen molar-refractivity contribution < 1.29 is 28.5 Å². The van der Waals surface area contributed by atoms with E-state index in [4.69, 9.17) is 18.9 Å². The Morgan fingerprint density at radius 2 is 1.63 bits per heavy atom. The van der Waals surface area contributed by atoms with Gasteiger partial charge in [-0.3, -0.25) is 4.79 Å². The maximum Gasteiger partial charge on any atom is 0.338 e. The molecular weight excluding hydrogens is 350 g/mol. The molecule has 1 amide bonds. The molecule has 0 aliphatic heterocycles. The summed E-state index contributed by atoms with van der Waals surface area (Å²) in [4.78, 5) is 24.1. The number of carbonyl (C=O) groups excluding carboxylic acids is 2. The van der Waals surface area contributed by atoms with Crippen molar-refractivity contribution in [2.45, 2.75) is 13.8 Å². The fourth-order valence-electron chi connectivity index (χ4n) is 2.28. The molecule has 0 saturated heterocycles. The van der Waals surface area contributed by atoms with E-state index in [9.17, 15) is 9.59 Å². The highest BCUT2D eigenvalue weighted by molar-refractivity contribution is 5.95. The van der Waals surface area contributed by atoms with E-state index in [0.29, 0.717) is 36.1 Å². The standard InChI is InChI=1S/C20H23NO6/c1-4-25-16-9-7-15(8-10-16)21-19(22)13-27-20(23)14-6-11-17(24-3)18(12-14)26-5-2/h6-12H,4-5,13H2,1-3H3,(H,21,22). The van der Waals surface area contributed by atoms with Crippen molar-refractivity contribution >= 4 is 17.6 Å². The van der Waals surface area contributed by atoms with Crippen molar-refractivity contribution in [1.29, 1.82) is 0 Å². The lowest BCUT2D eigenvalue weighted by atomic mass is 10.2. The number of hydrogen-bond donors (Lipinski definition) is 1. The van der Waals surface area contributed by atoms with Crippen LogP contribution in [0.3, 0.4) is 0 Å². The molecule has 0 aromatic heterocycles. The van der Waals surface area contributed by atoms with Gasteiger partial charge in [0, 0.05) is 5.69 Å². The predicted molar refractivity (Wildman–Crippen MR) is 101 cm³/mol. The van der Waals surface area contributed by atoms with Crippen molar-refractivity contribution in [1.82, 2.24) is 0 Å². The maximum atomic E-state index is 12.2. The Kier molecular flexibility index (Phi) is 7.49. The fourth-order valence-corrected chi connectivity index (χ4v) is 2.28. The van der Waals surface area contributed by atoms with Gasteiger partial charge in [0.15, 0.2) is 18.1 Å². The van der Waals surface area contributed by atoms with Crippen LogP contribution in [0.15, 0.2) is 42.5 Å². The van der Waals surface area contributed by atoms with Gasteiger partial charge in [-0.05, 0) is 56.3 Å². The molecule has 0 heterocycles. The zero-order chi connectivity index (χ0) is 19.6. The molecule has 2 aromatic carbocycles. The lowest BCUT2D eigenvalue weighted by Gasteiger charge is -2.11. The van der Waals surface area contributed by atoms with E-state index in [1.165, 1.54) is 13.2 Å². The number of benzene rings is 2. The Morgan fingerprint density at radius 3 is 2.26 bits per heavy atom. The first-order valence-corrected chi connectivity index (χ1v) is 8.58. The van der Waals surface area contributed by atoms with Crippen molar-refractivity contribution in [2.75, 3.05) is 32.2 Å². The van der Waals surface area contributed by atoms with Crippen LogP contribution in [-0.4, -0.2) is 38.8 Å². The molecule has 0 radical (unpaired) electrons. The Labute approximate surface area is 158 Å². The van der Waals surface area contributed by atoms with E-state index in [1.807, 2.05) is 13.8 Å². The zero-order valence-corrected chi connectivity index (χ0v) is 15.6. The monoisotopic (exact) mass is 373 g/mol. The molecule has 0 aliphatic rings. The molecule has 0 unspecified atom stereocenters. The highest BCUT2D eigenvalue weighted by atomic mass is 16.5. The van der Waals surface area contributed by atoms with Gasteiger partial charge in [0.1, 0.15) is 5.75 Å². The molecule has 7 nitrogen and oxygen atoms in total. The minimum Gasteiger partial charge on any atom is -0.494 e. The van der Waals surface area contributed by atoms with Gasteiger partial charge in [-0.25, -0.2) is 4.79 Å². The van der Waals surface area contributed by atoms with Gasteiger partial charge in [-0.1, -0.05) is 0 Å². The molecule has 27 heavy (non-hydrogen) atoms. The van der Waals surface area contributed by atoms with Crippen LogP contribution in [0, 0.1) is 0 Å². The van der Waals surface area contributed by atoms with Gasteiger partial charge in [0.2, 0.25) is 0 Å². The first kappa shape index (κ1) is 20.1. The number of rotatable bonds is 9. The second-order valence-corrected chi connectivity index (χ2v) is 5.38.